The van der Waals surface area contributed by atoms with Crippen molar-refractivity contribution in [1.82, 2.24) is 9.88 Å². The SMILES string of the molecule is Fc1ccc([C@@H]2CN(Cc3csc(-c4ccsc4)n3)CCO2)cc1. The van der Waals surface area contributed by atoms with Gasteiger partial charge in [-0.15, -0.1) is 11.3 Å². The van der Waals surface area contributed by atoms with Gasteiger partial charge in [0.1, 0.15) is 10.8 Å². The van der Waals surface area contributed by atoms with Crippen LogP contribution in [-0.4, -0.2) is 29.6 Å². The molecule has 3 heterocycles. The molecule has 124 valence electrons. The van der Waals surface area contributed by atoms with Crippen molar-refractivity contribution in [2.24, 2.45) is 0 Å². The van der Waals surface area contributed by atoms with Crippen LogP contribution in [0.2, 0.25) is 0 Å². The van der Waals surface area contributed by atoms with Crippen LogP contribution in [0.4, 0.5) is 4.39 Å². The number of rotatable bonds is 4. The van der Waals surface area contributed by atoms with E-state index in [-0.39, 0.29) is 11.9 Å². The molecule has 3 nitrogen and oxygen atoms in total. The average molecular weight is 360 g/mol. The number of thiophene rings is 1. The van der Waals surface area contributed by atoms with Gasteiger partial charge >= 0.3 is 0 Å². The summed E-state index contributed by atoms with van der Waals surface area (Å²) < 4.78 is 18.9. The van der Waals surface area contributed by atoms with Gasteiger partial charge in [0, 0.05) is 36.0 Å². The fraction of sp³-hybridized carbons (Fsp3) is 0.278. The maximum atomic E-state index is 13.1. The second-order valence-corrected chi connectivity index (χ2v) is 7.44. The van der Waals surface area contributed by atoms with E-state index in [4.69, 9.17) is 9.72 Å². The van der Waals surface area contributed by atoms with Crippen LogP contribution in [-0.2, 0) is 11.3 Å². The van der Waals surface area contributed by atoms with Gasteiger partial charge in [0.25, 0.3) is 0 Å². The Morgan fingerprint density at radius 2 is 2.08 bits per heavy atom. The predicted octanol–water partition coefficient (Wildman–Crippen LogP) is 4.58. The Labute approximate surface area is 148 Å². The molecule has 0 bridgehead atoms. The zero-order valence-electron chi connectivity index (χ0n) is 13.0. The molecule has 1 atom stereocenters. The Hall–Kier alpha value is -1.60. The van der Waals surface area contributed by atoms with Crippen molar-refractivity contribution in [3.63, 3.8) is 0 Å². The summed E-state index contributed by atoms with van der Waals surface area (Å²) in [6.45, 7) is 3.20. The van der Waals surface area contributed by atoms with Crippen molar-refractivity contribution in [1.29, 1.82) is 0 Å². The number of hydrogen-bond donors (Lipinski definition) is 0. The number of ether oxygens (including phenoxy) is 1. The summed E-state index contributed by atoms with van der Waals surface area (Å²) in [5.74, 6) is -0.213. The molecule has 3 aromatic rings. The zero-order chi connectivity index (χ0) is 16.4. The van der Waals surface area contributed by atoms with Crippen LogP contribution in [0.15, 0.2) is 46.5 Å². The minimum absolute atomic E-state index is 0.00525. The van der Waals surface area contributed by atoms with Gasteiger partial charge in [0.2, 0.25) is 0 Å². The molecule has 1 aromatic carbocycles. The van der Waals surface area contributed by atoms with Crippen molar-refractivity contribution in [2.45, 2.75) is 12.6 Å². The number of aromatic nitrogens is 1. The summed E-state index contributed by atoms with van der Waals surface area (Å²) >= 11 is 3.38. The van der Waals surface area contributed by atoms with Crippen LogP contribution >= 0.6 is 22.7 Å². The molecule has 6 heteroatoms. The molecule has 0 unspecified atom stereocenters. The van der Waals surface area contributed by atoms with Crippen LogP contribution in [0.3, 0.4) is 0 Å². The average Bonchev–Trinajstić information content (AvgIpc) is 3.27. The van der Waals surface area contributed by atoms with Crippen LogP contribution in [0.5, 0.6) is 0 Å². The molecule has 4 rings (SSSR count). The fourth-order valence-electron chi connectivity index (χ4n) is 2.85. The van der Waals surface area contributed by atoms with Crippen LogP contribution in [0, 0.1) is 5.82 Å². The van der Waals surface area contributed by atoms with Crippen molar-refractivity contribution in [3.8, 4) is 10.6 Å². The summed E-state index contributed by atoms with van der Waals surface area (Å²) in [4.78, 5) is 7.10. The predicted molar refractivity (Wildman–Crippen MR) is 95.8 cm³/mol. The summed E-state index contributed by atoms with van der Waals surface area (Å²) in [6, 6.07) is 8.70. The summed E-state index contributed by atoms with van der Waals surface area (Å²) in [6.07, 6.45) is -0.00525. The zero-order valence-corrected chi connectivity index (χ0v) is 14.7. The number of nitrogens with zero attached hydrogens (tertiary/aromatic N) is 2. The highest BCUT2D eigenvalue weighted by Gasteiger charge is 2.22. The smallest absolute Gasteiger partial charge is 0.124 e. The molecule has 1 aliphatic heterocycles. The van der Waals surface area contributed by atoms with Gasteiger partial charge in [0.05, 0.1) is 18.4 Å². The highest BCUT2D eigenvalue weighted by molar-refractivity contribution is 7.14. The lowest BCUT2D eigenvalue weighted by Crippen LogP contribution is -2.37. The van der Waals surface area contributed by atoms with Crippen molar-refractivity contribution in [2.75, 3.05) is 19.7 Å². The molecule has 0 aliphatic carbocycles. The van der Waals surface area contributed by atoms with Crippen molar-refractivity contribution >= 4 is 22.7 Å². The van der Waals surface area contributed by atoms with E-state index in [0.717, 1.165) is 35.9 Å². The normalized spacial score (nSPS) is 18.8. The summed E-state index contributed by atoms with van der Waals surface area (Å²) in [7, 11) is 0. The Morgan fingerprint density at radius 3 is 2.88 bits per heavy atom. The lowest BCUT2D eigenvalue weighted by molar-refractivity contribution is -0.0332. The third kappa shape index (κ3) is 3.57. The standard InChI is InChI=1S/C18H17FN2OS2/c19-15-3-1-13(2-4-15)17-10-21(6-7-22-17)9-16-12-24-18(20-16)14-5-8-23-11-14/h1-5,8,11-12,17H,6-7,9-10H2/t17-/m0/s1. The van der Waals surface area contributed by atoms with Gasteiger partial charge in [0.15, 0.2) is 0 Å². The van der Waals surface area contributed by atoms with Gasteiger partial charge in [-0.1, -0.05) is 12.1 Å². The fourth-order valence-corrected chi connectivity index (χ4v) is 4.38. The first-order valence-electron chi connectivity index (χ1n) is 7.84. The largest absolute Gasteiger partial charge is 0.371 e. The van der Waals surface area contributed by atoms with Crippen LogP contribution in [0.25, 0.3) is 10.6 Å². The van der Waals surface area contributed by atoms with E-state index in [1.807, 2.05) is 0 Å². The first-order valence-corrected chi connectivity index (χ1v) is 9.66. The maximum absolute atomic E-state index is 13.1. The van der Waals surface area contributed by atoms with Gasteiger partial charge in [-0.25, -0.2) is 9.37 Å². The Bertz CT molecular complexity index is 786. The molecule has 1 aliphatic rings. The van der Waals surface area contributed by atoms with Gasteiger partial charge in [-0.05, 0) is 29.1 Å². The molecule has 0 spiro atoms. The Balaban J connectivity index is 1.42. The minimum atomic E-state index is -0.213. The third-order valence-corrected chi connectivity index (χ3v) is 5.72. The maximum Gasteiger partial charge on any atom is 0.124 e. The molecular formula is C18H17FN2OS2. The molecule has 1 saturated heterocycles. The van der Waals surface area contributed by atoms with E-state index in [9.17, 15) is 4.39 Å². The number of thiazole rings is 1. The van der Waals surface area contributed by atoms with E-state index < -0.39 is 0 Å². The number of benzene rings is 1. The molecule has 0 N–H and O–H groups in total. The van der Waals surface area contributed by atoms with Crippen molar-refractivity contribution in [3.05, 3.63) is 63.5 Å². The summed E-state index contributed by atoms with van der Waals surface area (Å²) in [5, 5.41) is 7.41. The quantitative estimate of drug-likeness (QED) is 0.681. The number of halogens is 1. The Morgan fingerprint density at radius 1 is 1.21 bits per heavy atom. The molecular weight excluding hydrogens is 343 g/mol. The van der Waals surface area contributed by atoms with Crippen LogP contribution in [0.1, 0.15) is 17.4 Å². The highest BCUT2D eigenvalue weighted by Crippen LogP contribution is 2.27. The first kappa shape index (κ1) is 15.9. The second kappa shape index (κ2) is 7.11. The van der Waals surface area contributed by atoms with E-state index in [0.29, 0.717) is 6.61 Å². The third-order valence-electron chi connectivity index (χ3n) is 4.10. The number of morpholine rings is 1. The van der Waals surface area contributed by atoms with Crippen molar-refractivity contribution < 1.29 is 9.13 Å². The topological polar surface area (TPSA) is 25.4 Å². The molecule has 1 fully saturated rings. The lowest BCUT2D eigenvalue weighted by Gasteiger charge is -2.32. The lowest BCUT2D eigenvalue weighted by atomic mass is 10.1. The molecule has 24 heavy (non-hydrogen) atoms. The minimum Gasteiger partial charge on any atom is -0.371 e. The molecule has 0 saturated carbocycles. The molecule has 0 radical (unpaired) electrons. The van der Waals surface area contributed by atoms with Gasteiger partial charge in [-0.2, -0.15) is 11.3 Å². The molecule has 0 amide bonds. The van der Waals surface area contributed by atoms with E-state index in [2.05, 4.69) is 27.1 Å². The van der Waals surface area contributed by atoms with E-state index in [1.165, 1.54) is 17.7 Å². The van der Waals surface area contributed by atoms with Gasteiger partial charge in [-0.3, -0.25) is 4.90 Å². The van der Waals surface area contributed by atoms with Gasteiger partial charge < -0.3 is 4.74 Å². The van der Waals surface area contributed by atoms with Crippen LogP contribution < -0.4 is 0 Å². The van der Waals surface area contributed by atoms with E-state index in [1.54, 1.807) is 34.8 Å². The van der Waals surface area contributed by atoms with E-state index >= 15 is 0 Å². The molecule has 2 aromatic heterocycles. The highest BCUT2D eigenvalue weighted by atomic mass is 32.1. The second-order valence-electron chi connectivity index (χ2n) is 5.80. The summed E-state index contributed by atoms with van der Waals surface area (Å²) in [5.41, 5.74) is 3.32. The monoisotopic (exact) mass is 360 g/mol. The number of hydrogen-bond acceptors (Lipinski definition) is 5. The Kier molecular flexibility index (Phi) is 4.71. The first-order chi connectivity index (χ1) is 11.8.